The summed E-state index contributed by atoms with van der Waals surface area (Å²) >= 11 is 5.97. The fraction of sp³-hybridized carbons (Fsp3) is 0.227. The Bertz CT molecular complexity index is 1550. The van der Waals surface area contributed by atoms with Gasteiger partial charge in [0.05, 0.1) is 17.6 Å². The second kappa shape index (κ2) is 9.43. The standard InChI is InChI=1S/C22H21ClN8O4S/c23-16-1-2-18-19(10-16)28-22(27-18)36(34,35)30-7-5-29(6-8-30)21(32)20-25-12-15(13-26-20)14-3-4-31(33)17(9-14)11-24/h1-4,9-10,12-13H,5-8,11,24H2,(H,27,28). The number of halogens is 1. The number of sulfonamides is 1. The molecule has 0 bridgehead atoms. The number of imidazole rings is 1. The number of nitrogens with zero attached hydrogens (tertiary/aromatic N) is 6. The first kappa shape index (κ1) is 24.1. The number of rotatable bonds is 5. The first-order valence-electron chi connectivity index (χ1n) is 11.0. The Morgan fingerprint density at radius 3 is 2.53 bits per heavy atom. The maximum Gasteiger partial charge on any atom is 0.291 e. The van der Waals surface area contributed by atoms with Crippen LogP contribution in [-0.4, -0.2) is 69.6 Å². The number of hydrogen-bond donors (Lipinski definition) is 2. The van der Waals surface area contributed by atoms with Crippen molar-refractivity contribution >= 4 is 38.6 Å². The number of pyridine rings is 1. The lowest BCUT2D eigenvalue weighted by atomic mass is 10.1. The van der Waals surface area contributed by atoms with Gasteiger partial charge in [0.15, 0.2) is 6.20 Å². The number of fused-ring (bicyclic) bond motifs is 1. The molecule has 36 heavy (non-hydrogen) atoms. The molecule has 1 aliphatic rings. The van der Waals surface area contributed by atoms with Gasteiger partial charge in [-0.3, -0.25) is 4.79 Å². The maximum absolute atomic E-state index is 13.1. The summed E-state index contributed by atoms with van der Waals surface area (Å²) < 4.78 is 28.1. The predicted octanol–water partition coefficient (Wildman–Crippen LogP) is 0.912. The molecule has 4 aromatic rings. The minimum Gasteiger partial charge on any atom is -0.618 e. The van der Waals surface area contributed by atoms with Crippen LogP contribution >= 0.6 is 11.6 Å². The molecule has 1 aromatic carbocycles. The first-order valence-corrected chi connectivity index (χ1v) is 12.8. The van der Waals surface area contributed by atoms with Crippen LogP contribution < -0.4 is 10.5 Å². The summed E-state index contributed by atoms with van der Waals surface area (Å²) in [6.07, 6.45) is 4.35. The van der Waals surface area contributed by atoms with Crippen LogP contribution in [0, 0.1) is 5.21 Å². The van der Waals surface area contributed by atoms with E-state index >= 15 is 0 Å². The van der Waals surface area contributed by atoms with Crippen molar-refractivity contribution in [2.24, 2.45) is 5.73 Å². The Morgan fingerprint density at radius 1 is 1.11 bits per heavy atom. The van der Waals surface area contributed by atoms with E-state index in [0.29, 0.717) is 37.6 Å². The number of aromatic nitrogens is 5. The van der Waals surface area contributed by atoms with Gasteiger partial charge in [0, 0.05) is 61.3 Å². The molecule has 186 valence electrons. The molecule has 0 radical (unpaired) electrons. The van der Waals surface area contributed by atoms with Crippen molar-refractivity contribution in [1.82, 2.24) is 29.1 Å². The molecule has 1 fully saturated rings. The number of H-pyrrole nitrogens is 1. The van der Waals surface area contributed by atoms with E-state index in [2.05, 4.69) is 19.9 Å². The molecule has 0 atom stereocenters. The Labute approximate surface area is 211 Å². The van der Waals surface area contributed by atoms with E-state index < -0.39 is 15.9 Å². The predicted molar refractivity (Wildman–Crippen MR) is 130 cm³/mol. The number of piperazine rings is 1. The highest BCUT2D eigenvalue weighted by Gasteiger charge is 2.33. The number of nitrogens with one attached hydrogen (secondary N) is 1. The average Bonchev–Trinajstić information content (AvgIpc) is 3.33. The van der Waals surface area contributed by atoms with Crippen molar-refractivity contribution in [1.29, 1.82) is 0 Å². The molecule has 14 heteroatoms. The SMILES string of the molecule is NCc1cc(-c2cnc(C(=O)N3CCN(S(=O)(=O)c4nc5ccc(Cl)cc5[nH]4)CC3)nc2)cc[n+]1[O-]. The molecule has 12 nitrogen and oxygen atoms in total. The van der Waals surface area contributed by atoms with Gasteiger partial charge in [-0.25, -0.2) is 23.4 Å². The molecule has 1 aliphatic heterocycles. The molecule has 0 saturated carbocycles. The highest BCUT2D eigenvalue weighted by Crippen LogP contribution is 2.22. The van der Waals surface area contributed by atoms with Crippen LogP contribution in [0.3, 0.4) is 0 Å². The van der Waals surface area contributed by atoms with Crippen molar-refractivity contribution in [2.45, 2.75) is 11.7 Å². The smallest absolute Gasteiger partial charge is 0.291 e. The lowest BCUT2D eigenvalue weighted by Gasteiger charge is -2.33. The molecule has 3 aromatic heterocycles. The molecular weight excluding hydrogens is 508 g/mol. The van der Waals surface area contributed by atoms with Crippen molar-refractivity contribution < 1.29 is 17.9 Å². The van der Waals surface area contributed by atoms with Gasteiger partial charge in [-0.1, -0.05) is 11.6 Å². The Morgan fingerprint density at radius 2 is 1.83 bits per heavy atom. The van der Waals surface area contributed by atoms with E-state index in [1.165, 1.54) is 27.8 Å². The van der Waals surface area contributed by atoms with Crippen LogP contribution in [-0.2, 0) is 16.6 Å². The van der Waals surface area contributed by atoms with E-state index in [1.54, 1.807) is 30.3 Å². The number of hydrogen-bond acceptors (Lipinski definition) is 8. The monoisotopic (exact) mass is 528 g/mol. The molecule has 5 rings (SSSR count). The fourth-order valence-corrected chi connectivity index (χ4v) is 5.44. The van der Waals surface area contributed by atoms with Crippen LogP contribution in [0.1, 0.15) is 16.3 Å². The van der Waals surface area contributed by atoms with Crippen molar-refractivity contribution in [2.75, 3.05) is 26.2 Å². The van der Waals surface area contributed by atoms with Gasteiger partial charge in [0.2, 0.25) is 16.7 Å². The minimum atomic E-state index is -3.87. The second-order valence-corrected chi connectivity index (χ2v) is 10.4. The molecule has 1 saturated heterocycles. The van der Waals surface area contributed by atoms with Gasteiger partial charge in [0.25, 0.3) is 15.9 Å². The number of benzene rings is 1. The van der Waals surface area contributed by atoms with Gasteiger partial charge in [0.1, 0.15) is 0 Å². The zero-order valence-corrected chi connectivity index (χ0v) is 20.4. The summed E-state index contributed by atoms with van der Waals surface area (Å²) in [7, 11) is -3.87. The van der Waals surface area contributed by atoms with Crippen LogP contribution in [0.25, 0.3) is 22.2 Å². The quantitative estimate of drug-likeness (QED) is 0.285. The van der Waals surface area contributed by atoms with Crippen LogP contribution in [0.5, 0.6) is 0 Å². The summed E-state index contributed by atoms with van der Waals surface area (Å²) in [5.41, 5.74) is 8.33. The molecule has 4 heterocycles. The first-order chi connectivity index (χ1) is 17.3. The van der Waals surface area contributed by atoms with Crippen molar-refractivity contribution in [3.8, 4) is 11.1 Å². The third kappa shape index (κ3) is 4.48. The van der Waals surface area contributed by atoms with Crippen molar-refractivity contribution in [3.63, 3.8) is 0 Å². The molecule has 0 unspecified atom stereocenters. The summed E-state index contributed by atoms with van der Waals surface area (Å²) in [4.78, 5) is 29.8. The number of carbonyl (C=O) groups is 1. The third-order valence-electron chi connectivity index (χ3n) is 5.91. The highest BCUT2D eigenvalue weighted by atomic mass is 35.5. The zero-order valence-electron chi connectivity index (χ0n) is 18.8. The largest absolute Gasteiger partial charge is 0.618 e. The number of aromatic amines is 1. The Balaban J connectivity index is 1.26. The van der Waals surface area contributed by atoms with E-state index in [4.69, 9.17) is 17.3 Å². The molecular formula is C22H21ClN8O4S. The van der Waals surface area contributed by atoms with Gasteiger partial charge < -0.3 is 20.8 Å². The zero-order chi connectivity index (χ0) is 25.4. The van der Waals surface area contributed by atoms with Gasteiger partial charge in [-0.15, -0.1) is 0 Å². The fourth-order valence-electron chi connectivity index (χ4n) is 3.93. The Hall–Kier alpha value is -3.65. The average molecular weight is 529 g/mol. The normalized spacial score (nSPS) is 14.9. The summed E-state index contributed by atoms with van der Waals surface area (Å²) in [5, 5.41) is 12.0. The van der Waals surface area contributed by atoms with Crippen molar-refractivity contribution in [3.05, 3.63) is 70.7 Å². The maximum atomic E-state index is 13.1. The number of amides is 1. The van der Waals surface area contributed by atoms with Gasteiger partial charge >= 0.3 is 0 Å². The van der Waals surface area contributed by atoms with E-state index in [1.807, 2.05) is 0 Å². The minimum absolute atomic E-state index is 0.00177. The summed E-state index contributed by atoms with van der Waals surface area (Å²) in [6, 6.07) is 8.15. The number of carbonyl (C=O) groups excluding carboxylic acids is 1. The van der Waals surface area contributed by atoms with Crippen LogP contribution in [0.4, 0.5) is 0 Å². The highest BCUT2D eigenvalue weighted by molar-refractivity contribution is 7.89. The molecule has 0 aliphatic carbocycles. The van der Waals surface area contributed by atoms with E-state index in [0.717, 1.165) is 0 Å². The molecule has 0 spiro atoms. The molecule has 1 amide bonds. The topological polar surface area (TPSA) is 165 Å². The second-order valence-electron chi connectivity index (χ2n) is 8.13. The number of nitrogens with two attached hydrogens (primary N) is 1. The van der Waals surface area contributed by atoms with Crippen LogP contribution in [0.2, 0.25) is 5.02 Å². The summed E-state index contributed by atoms with van der Waals surface area (Å²) in [5.74, 6) is -0.400. The van der Waals surface area contributed by atoms with Crippen LogP contribution in [0.15, 0.2) is 54.1 Å². The summed E-state index contributed by atoms with van der Waals surface area (Å²) in [6.45, 7) is 0.645. The van der Waals surface area contributed by atoms with E-state index in [-0.39, 0.29) is 43.7 Å². The lowest BCUT2D eigenvalue weighted by Crippen LogP contribution is -2.50. The Kier molecular flexibility index (Phi) is 6.30. The van der Waals surface area contributed by atoms with Gasteiger partial charge in [-0.05, 0) is 23.8 Å². The molecule has 3 N–H and O–H groups in total. The van der Waals surface area contributed by atoms with E-state index in [9.17, 15) is 18.4 Å². The lowest BCUT2D eigenvalue weighted by molar-refractivity contribution is -0.613. The third-order valence-corrected chi connectivity index (χ3v) is 7.87. The van der Waals surface area contributed by atoms with Gasteiger partial charge in [-0.2, -0.15) is 9.04 Å².